The monoisotopic (exact) mass is 365 g/mol. The number of nitrogens with zero attached hydrogens (tertiary/aromatic N) is 1. The van der Waals surface area contributed by atoms with Crippen molar-refractivity contribution < 1.29 is 18.7 Å². The van der Waals surface area contributed by atoms with Crippen LogP contribution >= 0.6 is 0 Å². The quantitative estimate of drug-likeness (QED) is 0.626. The van der Waals surface area contributed by atoms with Crippen LogP contribution in [0.1, 0.15) is 11.1 Å². The fourth-order valence-electron chi connectivity index (χ4n) is 2.82. The lowest BCUT2D eigenvalue weighted by Crippen LogP contribution is -2.31. The predicted molar refractivity (Wildman–Crippen MR) is 101 cm³/mol. The number of benzene rings is 3. The van der Waals surface area contributed by atoms with Crippen LogP contribution in [-0.4, -0.2) is 30.4 Å². The van der Waals surface area contributed by atoms with Crippen LogP contribution in [0.3, 0.4) is 0 Å². The maximum atomic E-state index is 13.2. The summed E-state index contributed by atoms with van der Waals surface area (Å²) in [6.45, 7) is -0.0863. The summed E-state index contributed by atoms with van der Waals surface area (Å²) in [5.74, 6) is -1.15. The van der Waals surface area contributed by atoms with Gasteiger partial charge in [0.2, 0.25) is 0 Å². The Morgan fingerprint density at radius 1 is 0.926 bits per heavy atom. The molecule has 0 fully saturated rings. The van der Waals surface area contributed by atoms with Crippen LogP contribution in [0.2, 0.25) is 0 Å². The van der Waals surface area contributed by atoms with Crippen LogP contribution in [0.15, 0.2) is 66.7 Å². The number of esters is 1. The van der Waals surface area contributed by atoms with Crippen molar-refractivity contribution in [3.63, 3.8) is 0 Å². The molecule has 0 aliphatic carbocycles. The first-order valence-corrected chi connectivity index (χ1v) is 8.63. The molecule has 27 heavy (non-hydrogen) atoms. The highest BCUT2D eigenvalue weighted by atomic mass is 19.1. The highest BCUT2D eigenvalue weighted by Gasteiger charge is 2.13. The lowest BCUT2D eigenvalue weighted by atomic mass is 10.1. The Morgan fingerprint density at radius 3 is 2.48 bits per heavy atom. The molecular formula is C22H20FNO3. The molecule has 5 heteroatoms. The second kappa shape index (κ2) is 8.45. The van der Waals surface area contributed by atoms with Gasteiger partial charge in [-0.15, -0.1) is 0 Å². The van der Waals surface area contributed by atoms with Gasteiger partial charge in [-0.05, 0) is 34.0 Å². The maximum absolute atomic E-state index is 13.2. The third kappa shape index (κ3) is 5.14. The first-order chi connectivity index (χ1) is 13.0. The van der Waals surface area contributed by atoms with Gasteiger partial charge in [-0.3, -0.25) is 9.59 Å². The van der Waals surface area contributed by atoms with Crippen LogP contribution in [0.5, 0.6) is 0 Å². The second-order valence-electron chi connectivity index (χ2n) is 6.40. The van der Waals surface area contributed by atoms with E-state index in [-0.39, 0.29) is 31.3 Å². The number of hydrogen-bond acceptors (Lipinski definition) is 3. The summed E-state index contributed by atoms with van der Waals surface area (Å²) in [6, 6.07) is 19.7. The van der Waals surface area contributed by atoms with Crippen LogP contribution in [0.25, 0.3) is 10.8 Å². The van der Waals surface area contributed by atoms with E-state index >= 15 is 0 Å². The van der Waals surface area contributed by atoms with Gasteiger partial charge < -0.3 is 9.64 Å². The fourth-order valence-corrected chi connectivity index (χ4v) is 2.82. The number of amides is 1. The number of hydrogen-bond donors (Lipinski definition) is 0. The average molecular weight is 365 g/mol. The van der Waals surface area contributed by atoms with Gasteiger partial charge >= 0.3 is 5.97 Å². The van der Waals surface area contributed by atoms with Crippen LogP contribution in [0, 0.1) is 5.82 Å². The van der Waals surface area contributed by atoms with E-state index in [1.807, 2.05) is 42.5 Å². The Balaban J connectivity index is 1.50. The Bertz CT molecular complexity index is 970. The van der Waals surface area contributed by atoms with E-state index in [0.717, 1.165) is 16.3 Å². The Kier molecular flexibility index (Phi) is 5.81. The zero-order valence-corrected chi connectivity index (χ0v) is 15.0. The molecule has 0 aliphatic heterocycles. The molecule has 3 rings (SSSR count). The third-order valence-corrected chi connectivity index (χ3v) is 4.25. The summed E-state index contributed by atoms with van der Waals surface area (Å²) in [6.07, 6.45) is 0.103. The molecule has 3 aromatic rings. The number of likely N-dealkylation sites (N-methyl/N-ethyl adjacent to an activating group) is 1. The van der Waals surface area contributed by atoms with Gasteiger partial charge in [0.1, 0.15) is 5.82 Å². The van der Waals surface area contributed by atoms with E-state index in [1.54, 1.807) is 19.2 Å². The first-order valence-electron chi connectivity index (χ1n) is 8.63. The van der Waals surface area contributed by atoms with Gasteiger partial charge in [-0.25, -0.2) is 4.39 Å². The molecule has 0 spiro atoms. The van der Waals surface area contributed by atoms with E-state index in [9.17, 15) is 14.0 Å². The van der Waals surface area contributed by atoms with E-state index in [1.165, 1.54) is 17.0 Å². The summed E-state index contributed by atoms with van der Waals surface area (Å²) in [7, 11) is 1.59. The minimum atomic E-state index is -0.460. The molecule has 138 valence electrons. The van der Waals surface area contributed by atoms with Crippen molar-refractivity contribution in [3.05, 3.63) is 83.7 Å². The molecule has 0 saturated heterocycles. The number of carbonyl (C=O) groups is 2. The summed E-state index contributed by atoms with van der Waals surface area (Å²) in [4.78, 5) is 25.6. The van der Waals surface area contributed by atoms with Gasteiger partial charge in [0.25, 0.3) is 5.91 Å². The molecule has 3 aromatic carbocycles. The lowest BCUT2D eigenvalue weighted by Gasteiger charge is -2.17. The summed E-state index contributed by atoms with van der Waals surface area (Å²) in [5.41, 5.74) is 1.51. The third-order valence-electron chi connectivity index (χ3n) is 4.25. The van der Waals surface area contributed by atoms with Crippen molar-refractivity contribution in [2.24, 2.45) is 0 Å². The number of rotatable bonds is 6. The average Bonchev–Trinajstić information content (AvgIpc) is 2.66. The maximum Gasteiger partial charge on any atom is 0.310 e. The fraction of sp³-hybridized carbons (Fsp3) is 0.182. The smallest absolute Gasteiger partial charge is 0.310 e. The molecule has 0 aromatic heterocycles. The van der Waals surface area contributed by atoms with Crippen LogP contribution < -0.4 is 0 Å². The van der Waals surface area contributed by atoms with E-state index in [2.05, 4.69) is 0 Å². The highest BCUT2D eigenvalue weighted by molar-refractivity contribution is 5.85. The van der Waals surface area contributed by atoms with Crippen molar-refractivity contribution in [1.82, 2.24) is 4.90 Å². The Labute approximate surface area is 157 Å². The van der Waals surface area contributed by atoms with Crippen LogP contribution in [0.4, 0.5) is 4.39 Å². The topological polar surface area (TPSA) is 46.6 Å². The Hall–Kier alpha value is -3.21. The van der Waals surface area contributed by atoms with E-state index in [0.29, 0.717) is 5.56 Å². The summed E-state index contributed by atoms with van der Waals surface area (Å²) >= 11 is 0. The summed E-state index contributed by atoms with van der Waals surface area (Å²) in [5, 5.41) is 2.15. The minimum Gasteiger partial charge on any atom is -0.455 e. The predicted octanol–water partition coefficient (Wildman–Crippen LogP) is 3.72. The molecule has 0 unspecified atom stereocenters. The highest BCUT2D eigenvalue weighted by Crippen LogP contribution is 2.16. The number of carbonyl (C=O) groups excluding carboxylic acids is 2. The molecule has 0 heterocycles. The van der Waals surface area contributed by atoms with Gasteiger partial charge in [0.05, 0.1) is 6.42 Å². The molecule has 1 amide bonds. The second-order valence-corrected chi connectivity index (χ2v) is 6.40. The number of halogens is 1. The Morgan fingerprint density at radius 2 is 1.70 bits per heavy atom. The van der Waals surface area contributed by atoms with Gasteiger partial charge in [0.15, 0.2) is 6.61 Å². The normalized spacial score (nSPS) is 10.6. The molecule has 0 aliphatic rings. The van der Waals surface area contributed by atoms with Crippen molar-refractivity contribution in [2.75, 3.05) is 13.7 Å². The molecular weight excluding hydrogens is 345 g/mol. The molecule has 0 saturated carbocycles. The minimum absolute atomic E-state index is 0.103. The number of fused-ring (bicyclic) bond motifs is 1. The van der Waals surface area contributed by atoms with Gasteiger partial charge in [-0.2, -0.15) is 0 Å². The molecule has 0 atom stereocenters. The van der Waals surface area contributed by atoms with E-state index in [4.69, 9.17) is 4.74 Å². The SMILES string of the molecule is CN(Cc1cccc(F)c1)C(=O)COC(=O)Cc1ccc2ccccc2c1. The molecule has 0 bridgehead atoms. The van der Waals surface area contributed by atoms with Gasteiger partial charge in [0, 0.05) is 13.6 Å². The lowest BCUT2D eigenvalue weighted by molar-refractivity contribution is -0.151. The molecule has 0 radical (unpaired) electrons. The molecule has 4 nitrogen and oxygen atoms in total. The van der Waals surface area contributed by atoms with Crippen molar-refractivity contribution in [1.29, 1.82) is 0 Å². The van der Waals surface area contributed by atoms with Crippen molar-refractivity contribution in [2.45, 2.75) is 13.0 Å². The zero-order chi connectivity index (χ0) is 19.2. The standard InChI is InChI=1S/C22H20FNO3/c1-24(14-17-5-4-8-20(23)12-17)21(25)15-27-22(26)13-16-9-10-18-6-2-3-7-19(18)11-16/h2-12H,13-15H2,1H3. The first kappa shape index (κ1) is 18.6. The van der Waals surface area contributed by atoms with Crippen molar-refractivity contribution in [3.8, 4) is 0 Å². The van der Waals surface area contributed by atoms with Crippen molar-refractivity contribution >= 4 is 22.6 Å². The molecule has 0 N–H and O–H groups in total. The summed E-state index contributed by atoms with van der Waals surface area (Å²) < 4.78 is 18.3. The van der Waals surface area contributed by atoms with Gasteiger partial charge in [-0.1, -0.05) is 54.6 Å². The number of ether oxygens (including phenoxy) is 1. The largest absolute Gasteiger partial charge is 0.455 e. The van der Waals surface area contributed by atoms with Crippen LogP contribution in [-0.2, 0) is 27.3 Å². The zero-order valence-electron chi connectivity index (χ0n) is 15.0. The van der Waals surface area contributed by atoms with E-state index < -0.39 is 5.97 Å².